The summed E-state index contributed by atoms with van der Waals surface area (Å²) in [5.74, 6) is 0.809. The lowest BCUT2D eigenvalue weighted by atomic mass is 9.88. The number of aliphatic carboxylic acids is 1. The number of carboxylic acid groups (broad SMARTS) is 1. The zero-order valence-corrected chi connectivity index (χ0v) is 39.8. The van der Waals surface area contributed by atoms with Crippen molar-refractivity contribution in [2.75, 3.05) is 64.4 Å². The van der Waals surface area contributed by atoms with Crippen LogP contribution >= 0.6 is 11.8 Å². The molecule has 0 heterocycles. The van der Waals surface area contributed by atoms with Crippen LogP contribution in [0.15, 0.2) is 0 Å². The van der Waals surface area contributed by atoms with Gasteiger partial charge in [-0.15, -0.1) is 0 Å². The number of ether oxygens (including phenoxy) is 5. The largest absolute Gasteiger partial charge is 0.480 e. The van der Waals surface area contributed by atoms with Crippen molar-refractivity contribution >= 4 is 53.1 Å². The minimum absolute atomic E-state index is 0.0338. The van der Waals surface area contributed by atoms with Crippen LogP contribution in [0.25, 0.3) is 0 Å². The molecule has 0 saturated heterocycles. The fourth-order valence-electron chi connectivity index (χ4n) is 5.75. The van der Waals surface area contributed by atoms with E-state index in [0.29, 0.717) is 90.4 Å². The third-order valence-electron chi connectivity index (χ3n) is 9.18. The summed E-state index contributed by atoms with van der Waals surface area (Å²) >= 11 is 2.01. The number of esters is 1. The van der Waals surface area contributed by atoms with E-state index in [1.54, 1.807) is 20.8 Å². The van der Waals surface area contributed by atoms with E-state index < -0.39 is 30.2 Å². The normalized spacial score (nSPS) is 11.8. The van der Waals surface area contributed by atoms with Crippen LogP contribution in [0.2, 0.25) is 0 Å². The topological polar surface area (TPSA) is 215 Å². The monoisotopic (exact) mass is 904 g/mol. The molecule has 0 aromatic rings. The average molecular weight is 904 g/mol. The van der Waals surface area contributed by atoms with Crippen LogP contribution in [0.3, 0.4) is 0 Å². The van der Waals surface area contributed by atoms with Gasteiger partial charge < -0.3 is 34.1 Å². The number of carbonyl (C=O) groups is 6. The maximum atomic E-state index is 12.9. The first kappa shape index (κ1) is 61.1. The van der Waals surface area contributed by atoms with Crippen LogP contribution in [0, 0.1) is 5.41 Å². The molecule has 0 rings (SSSR count). The zero-order valence-electron chi connectivity index (χ0n) is 39.0. The summed E-state index contributed by atoms with van der Waals surface area (Å²) in [7, 11) is 0. The number of rotatable bonds is 41. The van der Waals surface area contributed by atoms with Gasteiger partial charge in [0.2, 0.25) is 5.91 Å². The van der Waals surface area contributed by atoms with Crippen LogP contribution in [-0.2, 0) is 62.0 Å². The van der Waals surface area contributed by atoms with Crippen LogP contribution in [0.5, 0.6) is 0 Å². The molecular formula is C46H81NO14S. The Morgan fingerprint density at radius 1 is 0.548 bits per heavy atom. The number of nitrogens with one attached hydrogen (secondary N) is 1. The summed E-state index contributed by atoms with van der Waals surface area (Å²) in [4.78, 5) is 88.5. The first-order chi connectivity index (χ1) is 29.4. The molecule has 0 aliphatic heterocycles. The minimum atomic E-state index is -1.10. The van der Waals surface area contributed by atoms with Gasteiger partial charge in [0, 0.05) is 50.7 Å². The first-order valence-corrected chi connectivity index (χ1v) is 23.8. The maximum Gasteiger partial charge on any atom is 0.373 e. The summed E-state index contributed by atoms with van der Waals surface area (Å²) in [6.07, 6.45) is 16.0. The second-order valence-electron chi connectivity index (χ2n) is 17.3. The Kier molecular flexibility index (Phi) is 40.1. The fraction of sp³-hybridized carbons (Fsp3) is 0.848. The van der Waals surface area contributed by atoms with Gasteiger partial charge in [-0.1, -0.05) is 59.3 Å². The van der Waals surface area contributed by atoms with E-state index in [4.69, 9.17) is 38.4 Å². The van der Waals surface area contributed by atoms with Crippen molar-refractivity contribution in [1.82, 2.24) is 5.32 Å². The van der Waals surface area contributed by atoms with Gasteiger partial charge in [-0.05, 0) is 90.1 Å². The summed E-state index contributed by atoms with van der Waals surface area (Å²) < 4.78 is 26.9. The molecule has 62 heavy (non-hydrogen) atoms. The highest BCUT2D eigenvalue weighted by molar-refractivity contribution is 7.99. The predicted molar refractivity (Wildman–Crippen MR) is 238 cm³/mol. The molecule has 0 fully saturated rings. The van der Waals surface area contributed by atoms with E-state index in [1.165, 1.54) is 31.4 Å². The Balaban J connectivity index is 0. The number of unbranched alkanes of at least 4 members (excludes halogenated alkanes) is 10. The molecule has 0 radical (unpaired) electrons. The molecule has 2 N–H and O–H groups in total. The van der Waals surface area contributed by atoms with Gasteiger partial charge in [-0.3, -0.25) is 19.2 Å². The molecule has 1 unspecified atom stereocenters. The lowest BCUT2D eigenvalue weighted by Gasteiger charge is -2.24. The van der Waals surface area contributed by atoms with Crippen LogP contribution in [0.1, 0.15) is 170 Å². The van der Waals surface area contributed by atoms with Gasteiger partial charge in [0.05, 0.1) is 26.4 Å². The second-order valence-corrected chi connectivity index (χ2v) is 18.5. The van der Waals surface area contributed by atoms with Gasteiger partial charge >= 0.3 is 18.1 Å². The number of hydrogen-bond acceptors (Lipinski definition) is 14. The number of hydrogen-bond donors (Lipinski definition) is 2. The van der Waals surface area contributed by atoms with Gasteiger partial charge in [0.25, 0.3) is 0 Å². The molecule has 0 spiro atoms. The second kappa shape index (κ2) is 40.7. The molecule has 0 aliphatic rings. The maximum absolute atomic E-state index is 12.9. The lowest BCUT2D eigenvalue weighted by Crippen LogP contribution is -2.44. The van der Waals surface area contributed by atoms with Crippen LogP contribution in [-0.4, -0.2) is 122 Å². The highest BCUT2D eigenvalue weighted by Gasteiger charge is 2.27. The molecule has 1 atom stereocenters. The SMILES string of the molecule is CC(C)(C)OC(=O)C(CCC(=O)CCCCOCCOCCOCCCCC(=O)COCC(=O)O)NC(=O)CCCCCCCSCCCCCCCC(=O)C(C)(C)C.O=C=O. The van der Waals surface area contributed by atoms with Crippen molar-refractivity contribution in [2.24, 2.45) is 5.41 Å². The molecule has 0 aromatic carbocycles. The van der Waals surface area contributed by atoms with Crippen molar-refractivity contribution in [2.45, 2.75) is 182 Å². The van der Waals surface area contributed by atoms with E-state index in [9.17, 15) is 28.8 Å². The summed E-state index contributed by atoms with van der Waals surface area (Å²) in [6.45, 7) is 13.4. The van der Waals surface area contributed by atoms with Crippen molar-refractivity contribution in [3.63, 3.8) is 0 Å². The number of ketones is 3. The predicted octanol–water partition coefficient (Wildman–Crippen LogP) is 7.67. The molecule has 0 bridgehead atoms. The van der Waals surface area contributed by atoms with E-state index >= 15 is 0 Å². The van der Waals surface area contributed by atoms with Gasteiger partial charge in [0.15, 0.2) is 5.78 Å². The van der Waals surface area contributed by atoms with Crippen molar-refractivity contribution in [3.8, 4) is 0 Å². The third kappa shape index (κ3) is 45.0. The highest BCUT2D eigenvalue weighted by Crippen LogP contribution is 2.20. The molecule has 360 valence electrons. The van der Waals surface area contributed by atoms with Crippen LogP contribution < -0.4 is 5.32 Å². The van der Waals surface area contributed by atoms with Crippen molar-refractivity contribution in [1.29, 1.82) is 0 Å². The Morgan fingerprint density at radius 3 is 1.50 bits per heavy atom. The highest BCUT2D eigenvalue weighted by atomic mass is 32.2. The van der Waals surface area contributed by atoms with Gasteiger partial charge in [-0.2, -0.15) is 21.4 Å². The van der Waals surface area contributed by atoms with Gasteiger partial charge in [0.1, 0.15) is 36.4 Å². The molecule has 16 heteroatoms. The molecule has 1 amide bonds. The molecule has 0 saturated carbocycles. The standard InChI is InChI=1S/C45H81NO12S.CO2/c1-44(2,3)40(49)23-13-9-7-11-19-33-59-34-20-12-8-10-14-24-41(50)46-39(43(53)58-45(4,5)6)26-25-37(47)21-15-17-27-54-29-31-56-32-30-55-28-18-16-22-38(48)35-57-36-42(51)52;2-1-3/h39H,7-36H2,1-6H3,(H,46,50)(H,51,52);. The Morgan fingerprint density at radius 2 is 1.00 bits per heavy atom. The summed E-state index contributed by atoms with van der Waals surface area (Å²) in [5, 5.41) is 11.3. The van der Waals surface area contributed by atoms with Crippen molar-refractivity contribution < 1.29 is 67.1 Å². The smallest absolute Gasteiger partial charge is 0.373 e. The third-order valence-corrected chi connectivity index (χ3v) is 10.3. The Hall–Kier alpha value is -3.01. The number of thioether (sulfide) groups is 1. The number of carboxylic acids is 1. The van der Waals surface area contributed by atoms with E-state index in [1.807, 2.05) is 32.5 Å². The average Bonchev–Trinajstić information content (AvgIpc) is 3.18. The number of amides is 1. The lowest BCUT2D eigenvalue weighted by molar-refractivity contribution is -0.192. The number of Topliss-reactive ketones (excluding diaryl/α,β-unsaturated/α-hetero) is 3. The van der Waals surface area contributed by atoms with E-state index in [0.717, 1.165) is 50.7 Å². The minimum Gasteiger partial charge on any atom is -0.480 e. The summed E-state index contributed by atoms with van der Waals surface area (Å²) in [5.41, 5.74) is -0.924. The van der Waals surface area contributed by atoms with Gasteiger partial charge in [-0.25, -0.2) is 9.59 Å². The summed E-state index contributed by atoms with van der Waals surface area (Å²) in [6, 6.07) is -0.858. The number of carbonyl (C=O) groups excluding carboxylic acids is 7. The molecule has 15 nitrogen and oxygen atoms in total. The molecule has 0 aromatic heterocycles. The molecular weight excluding hydrogens is 823 g/mol. The Bertz CT molecular complexity index is 1240. The fourth-order valence-corrected chi connectivity index (χ4v) is 6.78. The molecule has 0 aliphatic carbocycles. The van der Waals surface area contributed by atoms with E-state index in [-0.39, 0.29) is 48.5 Å². The van der Waals surface area contributed by atoms with Crippen LogP contribution in [0.4, 0.5) is 0 Å². The Labute approximate surface area is 375 Å². The first-order valence-electron chi connectivity index (χ1n) is 22.6. The zero-order chi connectivity index (χ0) is 46.9. The quantitative estimate of drug-likeness (QED) is 0.0445. The van der Waals surface area contributed by atoms with E-state index in [2.05, 4.69) is 5.32 Å². The van der Waals surface area contributed by atoms with Crippen molar-refractivity contribution in [3.05, 3.63) is 0 Å².